The van der Waals surface area contributed by atoms with E-state index in [4.69, 9.17) is 0 Å². The van der Waals surface area contributed by atoms with Crippen LogP contribution in [0.1, 0.15) is 24.2 Å². The van der Waals surface area contributed by atoms with Crippen molar-refractivity contribution in [3.8, 4) is 0 Å². The maximum Gasteiger partial charge on any atom is 0.270 e. The fraction of sp³-hybridized carbons (Fsp3) is 0.429. The van der Waals surface area contributed by atoms with E-state index in [1.165, 1.54) is 18.2 Å². The zero-order valence-corrected chi connectivity index (χ0v) is 13.0. The summed E-state index contributed by atoms with van der Waals surface area (Å²) < 4.78 is 0. The average molecular weight is 308 g/mol. The van der Waals surface area contributed by atoms with E-state index in [1.54, 1.807) is 19.0 Å². The molecule has 0 saturated heterocycles. The summed E-state index contributed by atoms with van der Waals surface area (Å²) in [4.78, 5) is 35.7. The summed E-state index contributed by atoms with van der Waals surface area (Å²) >= 11 is 0. The van der Waals surface area contributed by atoms with Gasteiger partial charge in [0.25, 0.3) is 11.6 Å². The van der Waals surface area contributed by atoms with Gasteiger partial charge in [0.1, 0.15) is 0 Å². The van der Waals surface area contributed by atoms with E-state index in [0.29, 0.717) is 5.69 Å². The van der Waals surface area contributed by atoms with Gasteiger partial charge in [0, 0.05) is 38.0 Å². The summed E-state index contributed by atoms with van der Waals surface area (Å²) in [6, 6.07) is 4.00. The molecule has 0 aliphatic carbocycles. The van der Waals surface area contributed by atoms with Crippen LogP contribution in [-0.4, -0.2) is 43.4 Å². The molecule has 22 heavy (non-hydrogen) atoms. The van der Waals surface area contributed by atoms with Crippen molar-refractivity contribution in [1.82, 2.24) is 10.6 Å². The smallest absolute Gasteiger partial charge is 0.270 e. The maximum atomic E-state index is 12.2. The highest BCUT2D eigenvalue weighted by atomic mass is 16.6. The van der Waals surface area contributed by atoms with E-state index in [1.807, 2.05) is 13.8 Å². The second-order valence-corrected chi connectivity index (χ2v) is 5.26. The van der Waals surface area contributed by atoms with Gasteiger partial charge in [0.2, 0.25) is 5.91 Å². The molecule has 0 saturated carbocycles. The van der Waals surface area contributed by atoms with Crippen LogP contribution in [0.25, 0.3) is 0 Å². The van der Waals surface area contributed by atoms with Gasteiger partial charge >= 0.3 is 0 Å². The number of carbonyl (C=O) groups excluding carboxylic acids is 2. The lowest BCUT2D eigenvalue weighted by molar-refractivity contribution is -0.384. The highest BCUT2D eigenvalue weighted by Gasteiger charge is 2.18. The number of anilines is 1. The molecule has 120 valence electrons. The summed E-state index contributed by atoms with van der Waals surface area (Å²) in [7, 11) is 3.45. The molecule has 1 aromatic rings. The van der Waals surface area contributed by atoms with Gasteiger partial charge in [-0.05, 0) is 19.9 Å². The maximum absolute atomic E-state index is 12.2. The van der Waals surface area contributed by atoms with Crippen molar-refractivity contribution >= 4 is 23.2 Å². The molecule has 0 aromatic heterocycles. The number of nitrogens with zero attached hydrogens (tertiary/aromatic N) is 2. The Morgan fingerprint density at radius 3 is 2.45 bits per heavy atom. The van der Waals surface area contributed by atoms with E-state index in [9.17, 15) is 19.7 Å². The number of rotatable bonds is 6. The SMILES string of the molecule is CC(C)NC(=O)CNC(=O)c1cc([N+](=O)[O-])ccc1N(C)C. The summed E-state index contributed by atoms with van der Waals surface area (Å²) in [5.74, 6) is -0.855. The highest BCUT2D eigenvalue weighted by molar-refractivity contribution is 6.01. The Bertz CT molecular complexity index is 584. The number of non-ortho nitro benzene ring substituents is 1. The highest BCUT2D eigenvalue weighted by Crippen LogP contribution is 2.24. The van der Waals surface area contributed by atoms with Crippen LogP contribution < -0.4 is 15.5 Å². The van der Waals surface area contributed by atoms with E-state index >= 15 is 0 Å². The summed E-state index contributed by atoms with van der Waals surface area (Å²) in [6.45, 7) is 3.43. The number of nitrogens with one attached hydrogen (secondary N) is 2. The van der Waals surface area contributed by atoms with Crippen LogP contribution in [0, 0.1) is 10.1 Å². The van der Waals surface area contributed by atoms with Crippen LogP contribution in [0.5, 0.6) is 0 Å². The van der Waals surface area contributed by atoms with E-state index in [2.05, 4.69) is 10.6 Å². The van der Waals surface area contributed by atoms with Crippen LogP contribution in [0.3, 0.4) is 0 Å². The van der Waals surface area contributed by atoms with Crippen molar-refractivity contribution in [1.29, 1.82) is 0 Å². The molecule has 1 aromatic carbocycles. The molecule has 0 spiro atoms. The quantitative estimate of drug-likeness (QED) is 0.600. The molecular weight excluding hydrogens is 288 g/mol. The number of hydrogen-bond donors (Lipinski definition) is 2. The predicted octanol–water partition coefficient (Wildman–Crippen LogP) is 0.915. The fourth-order valence-corrected chi connectivity index (χ4v) is 1.84. The minimum absolute atomic E-state index is 0.0282. The molecule has 0 fully saturated rings. The molecule has 0 aliphatic rings. The standard InChI is InChI=1S/C14H20N4O4/c1-9(2)16-13(19)8-15-14(20)11-7-10(18(21)22)5-6-12(11)17(3)4/h5-7,9H,8H2,1-4H3,(H,15,20)(H,16,19). The van der Waals surface area contributed by atoms with E-state index in [-0.39, 0.29) is 29.7 Å². The average Bonchev–Trinajstić information content (AvgIpc) is 2.43. The zero-order valence-electron chi connectivity index (χ0n) is 13.0. The van der Waals surface area contributed by atoms with Gasteiger partial charge in [0.15, 0.2) is 0 Å². The lowest BCUT2D eigenvalue weighted by atomic mass is 10.1. The van der Waals surface area contributed by atoms with Crippen LogP contribution in [0.4, 0.5) is 11.4 Å². The first-order valence-corrected chi connectivity index (χ1v) is 6.75. The largest absolute Gasteiger partial charge is 0.377 e. The minimum Gasteiger partial charge on any atom is -0.377 e. The number of hydrogen-bond acceptors (Lipinski definition) is 5. The third kappa shape index (κ3) is 4.72. The van der Waals surface area contributed by atoms with Crippen molar-refractivity contribution in [2.24, 2.45) is 0 Å². The predicted molar refractivity (Wildman–Crippen MR) is 83.0 cm³/mol. The fourth-order valence-electron chi connectivity index (χ4n) is 1.84. The summed E-state index contributed by atoms with van der Waals surface area (Å²) in [5, 5.41) is 15.9. The Morgan fingerprint density at radius 2 is 1.95 bits per heavy atom. The lowest BCUT2D eigenvalue weighted by Gasteiger charge is -2.17. The van der Waals surface area contributed by atoms with Gasteiger partial charge in [-0.2, -0.15) is 0 Å². The second-order valence-electron chi connectivity index (χ2n) is 5.26. The zero-order chi connectivity index (χ0) is 16.9. The Hall–Kier alpha value is -2.64. The Kier molecular flexibility index (Phi) is 5.85. The summed E-state index contributed by atoms with van der Waals surface area (Å²) in [6.07, 6.45) is 0. The van der Waals surface area contributed by atoms with Crippen molar-refractivity contribution in [3.05, 3.63) is 33.9 Å². The molecule has 2 N–H and O–H groups in total. The van der Waals surface area contributed by atoms with Crippen molar-refractivity contribution in [2.45, 2.75) is 19.9 Å². The molecule has 0 heterocycles. The molecule has 0 radical (unpaired) electrons. The second kappa shape index (κ2) is 7.39. The van der Waals surface area contributed by atoms with Crippen molar-refractivity contribution < 1.29 is 14.5 Å². The molecular formula is C14H20N4O4. The van der Waals surface area contributed by atoms with Crippen molar-refractivity contribution in [2.75, 3.05) is 25.5 Å². The van der Waals surface area contributed by atoms with Gasteiger partial charge in [-0.15, -0.1) is 0 Å². The Balaban J connectivity index is 2.93. The Labute approximate surface area is 128 Å². The molecule has 0 atom stereocenters. The van der Waals surface area contributed by atoms with Gasteiger partial charge in [0.05, 0.1) is 17.0 Å². The molecule has 0 unspecified atom stereocenters. The first-order valence-electron chi connectivity index (χ1n) is 6.75. The molecule has 0 aliphatic heterocycles. The Morgan fingerprint density at radius 1 is 1.32 bits per heavy atom. The molecule has 1 rings (SSSR count). The summed E-state index contributed by atoms with van der Waals surface area (Å²) in [5.41, 5.74) is 0.506. The van der Waals surface area contributed by atoms with Crippen LogP contribution in [0.2, 0.25) is 0 Å². The third-order valence-corrected chi connectivity index (χ3v) is 2.78. The topological polar surface area (TPSA) is 105 Å². The van der Waals surface area contributed by atoms with Gasteiger partial charge < -0.3 is 15.5 Å². The number of nitro groups is 1. The number of carbonyl (C=O) groups is 2. The van der Waals surface area contributed by atoms with Crippen LogP contribution >= 0.6 is 0 Å². The first-order chi connectivity index (χ1) is 10.2. The van der Waals surface area contributed by atoms with E-state index in [0.717, 1.165) is 0 Å². The monoisotopic (exact) mass is 308 g/mol. The first kappa shape index (κ1) is 17.4. The molecule has 0 bridgehead atoms. The van der Waals surface area contributed by atoms with Gasteiger partial charge in [-0.25, -0.2) is 0 Å². The number of amides is 2. The molecule has 8 heteroatoms. The van der Waals surface area contributed by atoms with Gasteiger partial charge in [-0.1, -0.05) is 0 Å². The third-order valence-electron chi connectivity index (χ3n) is 2.78. The van der Waals surface area contributed by atoms with Crippen LogP contribution in [-0.2, 0) is 4.79 Å². The minimum atomic E-state index is -0.568. The molecule has 8 nitrogen and oxygen atoms in total. The number of benzene rings is 1. The van der Waals surface area contributed by atoms with Crippen molar-refractivity contribution in [3.63, 3.8) is 0 Å². The van der Waals surface area contributed by atoms with E-state index < -0.39 is 10.8 Å². The van der Waals surface area contributed by atoms with Gasteiger partial charge in [-0.3, -0.25) is 19.7 Å². The molecule has 2 amide bonds. The van der Waals surface area contributed by atoms with Crippen LogP contribution in [0.15, 0.2) is 18.2 Å². The normalized spacial score (nSPS) is 10.2. The number of nitro benzene ring substituents is 1. The lowest BCUT2D eigenvalue weighted by Crippen LogP contribution is -2.40.